The molecule has 208 valence electrons. The Balaban J connectivity index is 2.18. The van der Waals surface area contributed by atoms with Crippen LogP contribution in [0.25, 0.3) is 0 Å². The Morgan fingerprint density at radius 3 is 2.03 bits per heavy atom. The Morgan fingerprint density at radius 1 is 0.947 bits per heavy atom. The molecule has 2 aromatic rings. The molecule has 6 nitrogen and oxygen atoms in total. The van der Waals surface area contributed by atoms with Crippen LogP contribution in [0.3, 0.4) is 0 Å². The summed E-state index contributed by atoms with van der Waals surface area (Å²) in [6.45, 7) is 3.72. The van der Waals surface area contributed by atoms with Gasteiger partial charge in [0.15, 0.2) is 0 Å². The minimum Gasteiger partial charge on any atom is -0.449 e. The number of benzene rings is 2. The molecule has 2 amide bonds. The van der Waals surface area contributed by atoms with E-state index in [9.17, 15) is 35.9 Å². The van der Waals surface area contributed by atoms with Crippen molar-refractivity contribution in [2.24, 2.45) is 5.73 Å². The van der Waals surface area contributed by atoms with Gasteiger partial charge in [0, 0.05) is 18.5 Å². The average Bonchev–Trinajstić information content (AvgIpc) is 3.27. The van der Waals surface area contributed by atoms with Gasteiger partial charge < -0.3 is 15.2 Å². The smallest absolute Gasteiger partial charge is 0.416 e. The molecule has 0 bridgehead atoms. The molecule has 0 fully saturated rings. The Morgan fingerprint density at radius 2 is 1.53 bits per heavy atom. The van der Waals surface area contributed by atoms with Crippen molar-refractivity contribution in [1.82, 2.24) is 0 Å². The second kappa shape index (κ2) is 11.5. The molecule has 0 aliphatic heterocycles. The molecule has 0 saturated carbocycles. The molecule has 3 rings (SSSR count). The lowest BCUT2D eigenvalue weighted by Gasteiger charge is -2.28. The highest BCUT2D eigenvalue weighted by molar-refractivity contribution is 5.89. The molecule has 1 aliphatic carbocycles. The van der Waals surface area contributed by atoms with Gasteiger partial charge >= 0.3 is 24.5 Å². The van der Waals surface area contributed by atoms with Gasteiger partial charge in [-0.3, -0.25) is 4.90 Å². The molecule has 0 radical (unpaired) electrons. The van der Waals surface area contributed by atoms with Crippen LogP contribution in [0.15, 0.2) is 30.3 Å². The Bertz CT molecular complexity index is 1150. The molecule has 1 atom stereocenters. The highest BCUT2D eigenvalue weighted by atomic mass is 19.4. The van der Waals surface area contributed by atoms with Crippen molar-refractivity contribution in [1.29, 1.82) is 0 Å². The number of ether oxygens (including phenoxy) is 2. The fraction of sp³-hybridized carbons (Fsp3) is 0.462. The van der Waals surface area contributed by atoms with Gasteiger partial charge in [-0.05, 0) is 79.6 Å². The number of anilines is 1. The largest absolute Gasteiger partial charge is 0.449 e. The normalized spacial score (nSPS) is 14.1. The maximum Gasteiger partial charge on any atom is 0.416 e. The molecule has 12 heteroatoms. The number of amides is 2. The zero-order valence-corrected chi connectivity index (χ0v) is 20.8. The molecular weight excluding hydrogens is 518 g/mol. The number of fused-ring (bicyclic) bond motifs is 1. The van der Waals surface area contributed by atoms with E-state index in [2.05, 4.69) is 0 Å². The number of primary amides is 1. The van der Waals surface area contributed by atoms with E-state index >= 15 is 0 Å². The second-order valence-electron chi connectivity index (χ2n) is 8.93. The number of halogens is 6. The predicted molar refractivity (Wildman–Crippen MR) is 127 cm³/mol. The monoisotopic (exact) mass is 546 g/mol. The van der Waals surface area contributed by atoms with Crippen LogP contribution in [0.4, 0.5) is 41.6 Å². The van der Waals surface area contributed by atoms with Crippen LogP contribution >= 0.6 is 0 Å². The fourth-order valence-corrected chi connectivity index (χ4v) is 4.56. The zero-order chi connectivity index (χ0) is 28.3. The number of carbonyl (C=O) groups excluding carboxylic acids is 2. The summed E-state index contributed by atoms with van der Waals surface area (Å²) in [7, 11) is 0. The van der Waals surface area contributed by atoms with E-state index in [-0.39, 0.29) is 30.3 Å². The van der Waals surface area contributed by atoms with Crippen LogP contribution in [0, 0.1) is 0 Å². The molecule has 38 heavy (non-hydrogen) atoms. The van der Waals surface area contributed by atoms with Gasteiger partial charge in [-0.2, -0.15) is 26.3 Å². The maximum atomic E-state index is 13.4. The standard InChI is InChI=1S/C26H28F6N2O4/c1-3-8-34(24(36)37-4-2)21-13-17-7-5-6-16(17)12-20(21)22(38-23(33)35)11-15-9-18(25(27,28)29)14-19(10-15)26(30,31)32/h9-10,12-14,22H,3-8,11H2,1-2H3,(H2,33,35). The van der Waals surface area contributed by atoms with Gasteiger partial charge in [0.25, 0.3) is 0 Å². The highest BCUT2D eigenvalue weighted by Gasteiger charge is 2.37. The summed E-state index contributed by atoms with van der Waals surface area (Å²) in [6, 6.07) is 4.59. The number of rotatable bonds is 8. The van der Waals surface area contributed by atoms with Crippen molar-refractivity contribution in [3.63, 3.8) is 0 Å². The molecule has 1 aliphatic rings. The molecule has 1 unspecified atom stereocenters. The second-order valence-corrected chi connectivity index (χ2v) is 8.93. The Hall–Kier alpha value is -3.44. The van der Waals surface area contributed by atoms with Gasteiger partial charge in [0.2, 0.25) is 0 Å². The molecule has 0 aromatic heterocycles. The van der Waals surface area contributed by atoms with Gasteiger partial charge in [-0.1, -0.05) is 6.92 Å². The van der Waals surface area contributed by atoms with E-state index in [0.717, 1.165) is 24.0 Å². The topological polar surface area (TPSA) is 81.9 Å². The molecular formula is C26H28F6N2O4. The summed E-state index contributed by atoms with van der Waals surface area (Å²) in [4.78, 5) is 26.0. The summed E-state index contributed by atoms with van der Waals surface area (Å²) in [6.07, 6.45) is -11.3. The predicted octanol–water partition coefficient (Wildman–Crippen LogP) is 6.96. The van der Waals surface area contributed by atoms with E-state index in [4.69, 9.17) is 15.2 Å². The quantitative estimate of drug-likeness (QED) is 0.363. The number of nitrogens with zero attached hydrogens (tertiary/aromatic N) is 1. The zero-order valence-electron chi connectivity index (χ0n) is 20.8. The lowest BCUT2D eigenvalue weighted by molar-refractivity contribution is -0.143. The maximum absolute atomic E-state index is 13.4. The molecule has 2 aromatic carbocycles. The van der Waals surface area contributed by atoms with Crippen molar-refractivity contribution in [2.75, 3.05) is 18.1 Å². The molecule has 0 saturated heterocycles. The lowest BCUT2D eigenvalue weighted by Crippen LogP contribution is -2.34. The van der Waals surface area contributed by atoms with Crippen molar-refractivity contribution in [2.45, 2.75) is 64.4 Å². The van der Waals surface area contributed by atoms with Gasteiger partial charge in [0.1, 0.15) is 6.10 Å². The number of aryl methyl sites for hydroxylation is 2. The summed E-state index contributed by atoms with van der Waals surface area (Å²) in [5.74, 6) is 0. The van der Waals surface area contributed by atoms with Crippen molar-refractivity contribution >= 4 is 17.9 Å². The van der Waals surface area contributed by atoms with Gasteiger partial charge in [-0.15, -0.1) is 0 Å². The first-order chi connectivity index (χ1) is 17.7. The van der Waals surface area contributed by atoms with Crippen molar-refractivity contribution in [3.8, 4) is 0 Å². The average molecular weight is 547 g/mol. The van der Waals surface area contributed by atoms with E-state index in [0.29, 0.717) is 30.7 Å². The fourth-order valence-electron chi connectivity index (χ4n) is 4.56. The highest BCUT2D eigenvalue weighted by Crippen LogP contribution is 2.40. The minimum atomic E-state index is -5.05. The summed E-state index contributed by atoms with van der Waals surface area (Å²) in [5.41, 5.74) is 4.24. The summed E-state index contributed by atoms with van der Waals surface area (Å²) < 4.78 is 91.1. The minimum absolute atomic E-state index is 0.0258. The third-order valence-corrected chi connectivity index (χ3v) is 6.14. The van der Waals surface area contributed by atoms with E-state index < -0.39 is 48.2 Å². The lowest BCUT2D eigenvalue weighted by atomic mass is 9.93. The Kier molecular flexibility index (Phi) is 8.83. The van der Waals surface area contributed by atoms with E-state index in [1.807, 2.05) is 6.92 Å². The number of carbonyl (C=O) groups is 2. The van der Waals surface area contributed by atoms with Crippen LogP contribution in [0.1, 0.15) is 66.2 Å². The first kappa shape index (κ1) is 29.1. The third-order valence-electron chi connectivity index (χ3n) is 6.14. The number of hydrogen-bond acceptors (Lipinski definition) is 4. The molecule has 0 heterocycles. The summed E-state index contributed by atoms with van der Waals surface area (Å²) in [5, 5.41) is 0. The number of alkyl halides is 6. The van der Waals surface area contributed by atoms with Crippen LogP contribution < -0.4 is 10.6 Å². The van der Waals surface area contributed by atoms with Gasteiger partial charge in [0.05, 0.1) is 23.4 Å². The van der Waals surface area contributed by atoms with Crippen LogP contribution in [-0.2, 0) is 41.1 Å². The van der Waals surface area contributed by atoms with E-state index in [1.165, 1.54) is 4.90 Å². The van der Waals surface area contributed by atoms with Crippen LogP contribution in [-0.4, -0.2) is 25.3 Å². The number of nitrogens with two attached hydrogens (primary N) is 1. The van der Waals surface area contributed by atoms with Crippen molar-refractivity contribution in [3.05, 3.63) is 63.7 Å². The number of hydrogen-bond donors (Lipinski definition) is 1. The summed E-state index contributed by atoms with van der Waals surface area (Å²) >= 11 is 0. The molecule has 2 N–H and O–H groups in total. The van der Waals surface area contributed by atoms with E-state index in [1.54, 1.807) is 19.1 Å². The van der Waals surface area contributed by atoms with Crippen LogP contribution in [0.5, 0.6) is 0 Å². The third kappa shape index (κ3) is 6.90. The van der Waals surface area contributed by atoms with Crippen LogP contribution in [0.2, 0.25) is 0 Å². The first-order valence-electron chi connectivity index (χ1n) is 12.1. The SMILES string of the molecule is CCCN(C(=O)OCC)c1cc2c(cc1C(Cc1cc(C(F)(F)F)cc(C(F)(F)F)c1)OC(N)=O)CCC2. The first-order valence-corrected chi connectivity index (χ1v) is 12.1. The van der Waals surface area contributed by atoms with Gasteiger partial charge in [-0.25, -0.2) is 9.59 Å². The molecule has 0 spiro atoms. The Labute approximate surface area is 215 Å². The van der Waals surface area contributed by atoms with Crippen molar-refractivity contribution < 1.29 is 45.4 Å².